The maximum Gasteiger partial charge on any atom is 0.241 e. The van der Waals surface area contributed by atoms with E-state index >= 15 is 0 Å². The molecule has 1 aliphatic rings. The molecule has 1 fully saturated rings. The summed E-state index contributed by atoms with van der Waals surface area (Å²) in [4.78, 5) is 19.4. The van der Waals surface area contributed by atoms with Crippen LogP contribution in [0, 0.1) is 5.92 Å². The monoisotopic (exact) mass is 425 g/mol. The Morgan fingerprint density at radius 2 is 1.89 bits per heavy atom. The highest BCUT2D eigenvalue weighted by molar-refractivity contribution is 9.10. The van der Waals surface area contributed by atoms with Gasteiger partial charge in [-0.25, -0.2) is 0 Å². The summed E-state index contributed by atoms with van der Waals surface area (Å²) in [6.07, 6.45) is 1.72. The zero-order chi connectivity index (χ0) is 18.6. The molecule has 3 aromatic rings. The van der Waals surface area contributed by atoms with Crippen LogP contribution in [-0.2, 0) is 6.54 Å². The normalized spacial score (nSPS) is 15.7. The van der Waals surface area contributed by atoms with Crippen molar-refractivity contribution in [3.05, 3.63) is 70.5 Å². The number of aromatic nitrogens is 2. The number of likely N-dealkylation sites (tertiary alicyclic amines) is 1. The van der Waals surface area contributed by atoms with E-state index < -0.39 is 0 Å². The Kier molecular flexibility index (Phi) is 5.45. The van der Waals surface area contributed by atoms with Gasteiger partial charge in [0.2, 0.25) is 11.7 Å². The van der Waals surface area contributed by atoms with Crippen LogP contribution in [-0.4, -0.2) is 33.9 Å². The highest BCUT2D eigenvalue weighted by Crippen LogP contribution is 2.24. The molecule has 2 aromatic carbocycles. The molecule has 0 bridgehead atoms. The molecule has 0 saturated carbocycles. The first-order valence-corrected chi connectivity index (χ1v) is 9.88. The van der Waals surface area contributed by atoms with Gasteiger partial charge >= 0.3 is 0 Å². The van der Waals surface area contributed by atoms with Gasteiger partial charge in [-0.1, -0.05) is 63.6 Å². The van der Waals surface area contributed by atoms with Crippen molar-refractivity contribution in [2.24, 2.45) is 5.92 Å². The molecule has 0 amide bonds. The second kappa shape index (κ2) is 8.15. The van der Waals surface area contributed by atoms with Crippen molar-refractivity contribution in [2.75, 3.05) is 13.1 Å². The fourth-order valence-electron chi connectivity index (χ4n) is 3.45. The lowest BCUT2D eigenvalue weighted by Crippen LogP contribution is -2.36. The number of Topliss-reactive ketones (excluding diaryl/α,β-unsaturated/α-hetero) is 1. The summed E-state index contributed by atoms with van der Waals surface area (Å²) in [5.74, 6) is 1.56. The molecule has 0 spiro atoms. The summed E-state index contributed by atoms with van der Waals surface area (Å²) >= 11 is 3.46. The first kappa shape index (κ1) is 18.1. The molecule has 27 heavy (non-hydrogen) atoms. The molecule has 2 heterocycles. The standard InChI is InChI=1S/C21H20BrN3O2/c22-18-8-4-7-17(13-18)21-23-19(27-24-21)14-25-11-9-16(10-12-25)20(26)15-5-2-1-3-6-15/h1-8,13,16H,9-12,14H2. The number of piperidine rings is 1. The Hall–Kier alpha value is -2.31. The molecule has 0 atom stereocenters. The Bertz CT molecular complexity index is 918. The van der Waals surface area contributed by atoms with Gasteiger partial charge < -0.3 is 4.52 Å². The van der Waals surface area contributed by atoms with E-state index in [9.17, 15) is 4.79 Å². The third-order valence-electron chi connectivity index (χ3n) is 4.93. The summed E-state index contributed by atoms with van der Waals surface area (Å²) in [5, 5.41) is 4.09. The lowest BCUT2D eigenvalue weighted by molar-refractivity contribution is 0.0825. The number of hydrogen-bond acceptors (Lipinski definition) is 5. The third kappa shape index (κ3) is 4.34. The third-order valence-corrected chi connectivity index (χ3v) is 5.42. The van der Waals surface area contributed by atoms with Gasteiger partial charge in [0, 0.05) is 21.5 Å². The fourth-order valence-corrected chi connectivity index (χ4v) is 3.85. The second-order valence-corrected chi connectivity index (χ2v) is 7.72. The van der Waals surface area contributed by atoms with Crippen LogP contribution >= 0.6 is 15.9 Å². The van der Waals surface area contributed by atoms with Gasteiger partial charge in [-0.05, 0) is 38.1 Å². The number of halogens is 1. The van der Waals surface area contributed by atoms with Crippen LogP contribution in [0.3, 0.4) is 0 Å². The largest absolute Gasteiger partial charge is 0.338 e. The Morgan fingerprint density at radius 3 is 2.63 bits per heavy atom. The molecule has 0 aliphatic carbocycles. The van der Waals surface area contributed by atoms with Crippen LogP contribution in [0.2, 0.25) is 0 Å². The van der Waals surface area contributed by atoms with Gasteiger partial charge in [-0.2, -0.15) is 4.98 Å². The Labute approximate surface area is 166 Å². The maximum atomic E-state index is 12.6. The van der Waals surface area contributed by atoms with E-state index in [-0.39, 0.29) is 11.7 Å². The first-order chi connectivity index (χ1) is 13.2. The maximum absolute atomic E-state index is 12.6. The van der Waals surface area contributed by atoms with Crippen molar-refractivity contribution in [3.63, 3.8) is 0 Å². The van der Waals surface area contributed by atoms with E-state index in [4.69, 9.17) is 4.52 Å². The molecule has 0 unspecified atom stereocenters. The molecule has 4 rings (SSSR count). The minimum Gasteiger partial charge on any atom is -0.338 e. The van der Waals surface area contributed by atoms with Crippen LogP contribution < -0.4 is 0 Å². The van der Waals surface area contributed by atoms with Crippen LogP contribution in [0.5, 0.6) is 0 Å². The highest BCUT2D eigenvalue weighted by atomic mass is 79.9. The van der Waals surface area contributed by atoms with Crippen LogP contribution in [0.1, 0.15) is 29.1 Å². The number of carbonyl (C=O) groups is 1. The summed E-state index contributed by atoms with van der Waals surface area (Å²) in [6.45, 7) is 2.34. The summed E-state index contributed by atoms with van der Waals surface area (Å²) in [7, 11) is 0. The number of ketones is 1. The lowest BCUT2D eigenvalue weighted by atomic mass is 9.89. The average Bonchev–Trinajstić information content (AvgIpc) is 3.17. The molecule has 1 aromatic heterocycles. The number of hydrogen-bond donors (Lipinski definition) is 0. The number of benzene rings is 2. The topological polar surface area (TPSA) is 59.2 Å². The van der Waals surface area contributed by atoms with Gasteiger partial charge in [0.15, 0.2) is 5.78 Å². The number of nitrogens with zero attached hydrogens (tertiary/aromatic N) is 3. The van der Waals surface area contributed by atoms with Crippen molar-refractivity contribution in [3.8, 4) is 11.4 Å². The molecular formula is C21H20BrN3O2. The molecule has 0 N–H and O–H groups in total. The minimum absolute atomic E-state index is 0.101. The van der Waals surface area contributed by atoms with Gasteiger partial charge in [-0.15, -0.1) is 0 Å². The van der Waals surface area contributed by atoms with Gasteiger partial charge in [0.1, 0.15) is 0 Å². The molecule has 1 saturated heterocycles. The van der Waals surface area contributed by atoms with Crippen LogP contribution in [0.25, 0.3) is 11.4 Å². The van der Waals surface area contributed by atoms with Crippen LogP contribution in [0.4, 0.5) is 0 Å². The summed E-state index contributed by atoms with van der Waals surface area (Å²) in [5.41, 5.74) is 1.73. The van der Waals surface area contributed by atoms with Gasteiger partial charge in [0.05, 0.1) is 6.54 Å². The Balaban J connectivity index is 1.34. The van der Waals surface area contributed by atoms with E-state index in [2.05, 4.69) is 31.0 Å². The molecule has 138 valence electrons. The van der Waals surface area contributed by atoms with Gasteiger partial charge in [-0.3, -0.25) is 9.69 Å². The van der Waals surface area contributed by atoms with Crippen molar-refractivity contribution < 1.29 is 9.32 Å². The zero-order valence-corrected chi connectivity index (χ0v) is 16.4. The predicted molar refractivity (Wildman–Crippen MR) is 106 cm³/mol. The van der Waals surface area contributed by atoms with E-state index in [0.717, 1.165) is 41.5 Å². The number of carbonyl (C=O) groups excluding carboxylic acids is 1. The van der Waals surface area contributed by atoms with E-state index in [1.807, 2.05) is 54.6 Å². The second-order valence-electron chi connectivity index (χ2n) is 6.80. The summed E-state index contributed by atoms with van der Waals surface area (Å²) < 4.78 is 6.40. The molecule has 5 nitrogen and oxygen atoms in total. The smallest absolute Gasteiger partial charge is 0.241 e. The van der Waals surface area contributed by atoms with Crippen molar-refractivity contribution in [2.45, 2.75) is 19.4 Å². The SMILES string of the molecule is O=C(c1ccccc1)C1CCN(Cc2nc(-c3cccc(Br)c3)no2)CC1. The predicted octanol–water partition coefficient (Wildman–Crippen LogP) is 4.59. The van der Waals surface area contributed by atoms with Crippen molar-refractivity contribution >= 4 is 21.7 Å². The van der Waals surface area contributed by atoms with Gasteiger partial charge in [0.25, 0.3) is 0 Å². The van der Waals surface area contributed by atoms with Crippen LogP contribution in [0.15, 0.2) is 63.6 Å². The van der Waals surface area contributed by atoms with Crippen molar-refractivity contribution in [1.29, 1.82) is 0 Å². The van der Waals surface area contributed by atoms with Crippen molar-refractivity contribution in [1.82, 2.24) is 15.0 Å². The molecule has 6 heteroatoms. The highest BCUT2D eigenvalue weighted by Gasteiger charge is 2.26. The van der Waals surface area contributed by atoms with E-state index in [1.54, 1.807) is 0 Å². The fraction of sp³-hybridized carbons (Fsp3) is 0.286. The average molecular weight is 426 g/mol. The lowest BCUT2D eigenvalue weighted by Gasteiger charge is -2.30. The first-order valence-electron chi connectivity index (χ1n) is 9.09. The molecule has 0 radical (unpaired) electrons. The van der Waals surface area contributed by atoms with E-state index in [1.165, 1.54) is 0 Å². The Morgan fingerprint density at radius 1 is 1.11 bits per heavy atom. The minimum atomic E-state index is 0.101. The van der Waals surface area contributed by atoms with E-state index in [0.29, 0.717) is 18.3 Å². The number of rotatable bonds is 5. The molecular weight excluding hydrogens is 406 g/mol. The molecule has 1 aliphatic heterocycles. The quantitative estimate of drug-likeness (QED) is 0.559. The zero-order valence-electron chi connectivity index (χ0n) is 14.8. The summed E-state index contributed by atoms with van der Waals surface area (Å²) in [6, 6.07) is 17.4.